The van der Waals surface area contributed by atoms with Gasteiger partial charge >= 0.3 is 0 Å². The van der Waals surface area contributed by atoms with Crippen LogP contribution in [0, 0.1) is 5.92 Å². The summed E-state index contributed by atoms with van der Waals surface area (Å²) < 4.78 is 0. The molecule has 1 atom stereocenters. The Morgan fingerprint density at radius 1 is 1.11 bits per heavy atom. The van der Waals surface area contributed by atoms with Crippen molar-refractivity contribution < 1.29 is 0 Å². The zero-order valence-corrected chi connectivity index (χ0v) is 19.5. The maximum absolute atomic E-state index is 5.03. The fraction of sp³-hybridized carbons (Fsp3) is 0.609. The fourth-order valence-electron chi connectivity index (χ4n) is 4.36. The lowest BCUT2D eigenvalue weighted by Crippen LogP contribution is -2.44. The van der Waals surface area contributed by atoms with Crippen LogP contribution in [0.3, 0.4) is 0 Å². The Balaban J connectivity index is 0.00000225. The molecule has 0 amide bonds. The Morgan fingerprint density at radius 2 is 1.86 bits per heavy atom. The number of halogens is 1. The van der Waals surface area contributed by atoms with Crippen LogP contribution < -0.4 is 5.32 Å². The van der Waals surface area contributed by atoms with Crippen molar-refractivity contribution in [3.8, 4) is 0 Å². The van der Waals surface area contributed by atoms with Crippen molar-refractivity contribution in [1.29, 1.82) is 0 Å². The number of rotatable bonds is 5. The molecule has 4 nitrogen and oxygen atoms in total. The van der Waals surface area contributed by atoms with Crippen LogP contribution in [0.2, 0.25) is 0 Å². The third kappa shape index (κ3) is 5.96. The minimum absolute atomic E-state index is 0. The highest BCUT2D eigenvalue weighted by atomic mass is 127. The lowest BCUT2D eigenvalue weighted by Gasteiger charge is -2.31. The molecule has 2 aliphatic heterocycles. The average Bonchev–Trinajstić information content (AvgIpc) is 3.45. The monoisotopic (exact) mass is 494 g/mol. The van der Waals surface area contributed by atoms with Crippen LogP contribution in [0.5, 0.6) is 0 Å². The maximum atomic E-state index is 5.03. The van der Waals surface area contributed by atoms with E-state index in [1.165, 1.54) is 37.9 Å². The van der Waals surface area contributed by atoms with Crippen LogP contribution in [0.1, 0.15) is 44.6 Å². The van der Waals surface area contributed by atoms with Gasteiger partial charge in [-0.2, -0.15) is 0 Å². The third-order valence-corrected chi connectivity index (χ3v) is 6.09. The van der Waals surface area contributed by atoms with Crippen LogP contribution in [0.25, 0.3) is 6.08 Å². The SMILES string of the molecule is CCNC(=NCC1CCN(C2CC2)C1)N1CCC(=Cc2ccccc2)CC1.I. The van der Waals surface area contributed by atoms with Crippen LogP contribution in [-0.4, -0.2) is 61.1 Å². The van der Waals surface area contributed by atoms with Crippen molar-refractivity contribution in [3.63, 3.8) is 0 Å². The lowest BCUT2D eigenvalue weighted by molar-refractivity contribution is 0.315. The van der Waals surface area contributed by atoms with Gasteiger partial charge in [-0.1, -0.05) is 42.0 Å². The van der Waals surface area contributed by atoms with E-state index in [1.807, 2.05) is 0 Å². The minimum Gasteiger partial charge on any atom is -0.357 e. The summed E-state index contributed by atoms with van der Waals surface area (Å²) in [5, 5.41) is 3.53. The molecular formula is C23H35IN4. The van der Waals surface area contributed by atoms with Crippen LogP contribution in [0.4, 0.5) is 0 Å². The Morgan fingerprint density at radius 3 is 2.54 bits per heavy atom. The van der Waals surface area contributed by atoms with Gasteiger partial charge in [-0.05, 0) is 57.1 Å². The first-order valence-corrected chi connectivity index (χ1v) is 10.8. The lowest BCUT2D eigenvalue weighted by atomic mass is 10.0. The number of hydrogen-bond donors (Lipinski definition) is 1. The van der Waals surface area contributed by atoms with E-state index >= 15 is 0 Å². The molecule has 1 aromatic rings. The van der Waals surface area contributed by atoms with Gasteiger partial charge in [0.05, 0.1) is 0 Å². The molecule has 0 radical (unpaired) electrons. The van der Waals surface area contributed by atoms with Gasteiger partial charge in [-0.15, -0.1) is 24.0 Å². The molecule has 1 saturated carbocycles. The van der Waals surface area contributed by atoms with E-state index in [0.717, 1.165) is 56.9 Å². The van der Waals surface area contributed by atoms with Crippen molar-refractivity contribution in [2.45, 2.75) is 45.1 Å². The normalized spacial score (nSPS) is 23.5. The summed E-state index contributed by atoms with van der Waals surface area (Å²) in [7, 11) is 0. The first kappa shape index (κ1) is 21.6. The van der Waals surface area contributed by atoms with Gasteiger partial charge in [0.2, 0.25) is 0 Å². The molecule has 2 heterocycles. The molecule has 2 saturated heterocycles. The highest BCUT2D eigenvalue weighted by Gasteiger charge is 2.34. The summed E-state index contributed by atoms with van der Waals surface area (Å²) >= 11 is 0. The van der Waals surface area contributed by atoms with Crippen LogP contribution >= 0.6 is 24.0 Å². The molecule has 1 N–H and O–H groups in total. The predicted molar refractivity (Wildman–Crippen MR) is 129 cm³/mol. The summed E-state index contributed by atoms with van der Waals surface area (Å²) in [4.78, 5) is 10.2. The Kier molecular flexibility index (Phi) is 8.21. The Labute approximate surface area is 187 Å². The second-order valence-electron chi connectivity index (χ2n) is 8.28. The zero-order valence-electron chi connectivity index (χ0n) is 17.1. The van der Waals surface area contributed by atoms with Gasteiger partial charge in [0.25, 0.3) is 0 Å². The summed E-state index contributed by atoms with van der Waals surface area (Å²) in [5.41, 5.74) is 2.88. The molecule has 1 unspecified atom stereocenters. The van der Waals surface area contributed by atoms with Crippen molar-refractivity contribution in [2.24, 2.45) is 10.9 Å². The van der Waals surface area contributed by atoms with Gasteiger partial charge in [-0.3, -0.25) is 4.99 Å². The number of nitrogens with zero attached hydrogens (tertiary/aromatic N) is 3. The summed E-state index contributed by atoms with van der Waals surface area (Å²) in [6.07, 6.45) is 8.81. The second-order valence-corrected chi connectivity index (χ2v) is 8.28. The number of likely N-dealkylation sites (tertiary alicyclic amines) is 2. The first-order chi connectivity index (χ1) is 13.3. The number of benzene rings is 1. The molecule has 3 aliphatic rings. The summed E-state index contributed by atoms with van der Waals surface area (Å²) in [6.45, 7) is 8.79. The number of guanidine groups is 1. The molecule has 1 aliphatic carbocycles. The molecule has 0 bridgehead atoms. The molecule has 0 aromatic heterocycles. The molecule has 1 aromatic carbocycles. The van der Waals surface area contributed by atoms with Gasteiger partial charge in [-0.25, -0.2) is 0 Å². The highest BCUT2D eigenvalue weighted by Crippen LogP contribution is 2.31. The molecule has 4 rings (SSSR count). The summed E-state index contributed by atoms with van der Waals surface area (Å²) in [6, 6.07) is 11.6. The van der Waals surface area contributed by atoms with Gasteiger partial charge in [0.1, 0.15) is 0 Å². The van der Waals surface area contributed by atoms with Gasteiger partial charge in [0, 0.05) is 38.8 Å². The Bertz CT molecular complexity index is 658. The van der Waals surface area contributed by atoms with E-state index in [4.69, 9.17) is 4.99 Å². The standard InChI is InChI=1S/C23H34N4.HI/c1-2-24-23(25-17-21-12-15-27(18-21)22-8-9-22)26-13-10-20(11-14-26)16-19-6-4-3-5-7-19;/h3-7,16,21-22H,2,8-15,17-18H2,1H3,(H,24,25);1H. The van der Waals surface area contributed by atoms with Crippen molar-refractivity contribution >= 4 is 36.0 Å². The molecule has 154 valence electrons. The van der Waals surface area contributed by atoms with Crippen molar-refractivity contribution in [3.05, 3.63) is 41.5 Å². The van der Waals surface area contributed by atoms with Crippen molar-refractivity contribution in [1.82, 2.24) is 15.1 Å². The Hall–Kier alpha value is -1.08. The fourth-order valence-corrected chi connectivity index (χ4v) is 4.36. The molecule has 5 heteroatoms. The largest absolute Gasteiger partial charge is 0.357 e. The van der Waals surface area contributed by atoms with E-state index in [0.29, 0.717) is 0 Å². The predicted octanol–water partition coefficient (Wildman–Crippen LogP) is 4.23. The van der Waals surface area contributed by atoms with Gasteiger partial charge in [0.15, 0.2) is 5.96 Å². The van der Waals surface area contributed by atoms with Crippen LogP contribution in [-0.2, 0) is 0 Å². The molecule has 0 spiro atoms. The molecular weight excluding hydrogens is 459 g/mol. The third-order valence-electron chi connectivity index (χ3n) is 6.09. The topological polar surface area (TPSA) is 30.9 Å². The van der Waals surface area contributed by atoms with Crippen LogP contribution in [0.15, 0.2) is 40.9 Å². The van der Waals surface area contributed by atoms with E-state index in [9.17, 15) is 0 Å². The zero-order chi connectivity index (χ0) is 18.5. The number of piperidine rings is 1. The number of nitrogens with one attached hydrogen (secondary N) is 1. The van der Waals surface area contributed by atoms with E-state index in [1.54, 1.807) is 5.57 Å². The van der Waals surface area contributed by atoms with E-state index in [-0.39, 0.29) is 24.0 Å². The second kappa shape index (κ2) is 10.6. The maximum Gasteiger partial charge on any atom is 0.193 e. The summed E-state index contributed by atoms with van der Waals surface area (Å²) in [5.74, 6) is 1.87. The quantitative estimate of drug-likeness (QED) is 0.378. The smallest absolute Gasteiger partial charge is 0.193 e. The van der Waals surface area contributed by atoms with E-state index < -0.39 is 0 Å². The number of hydrogen-bond acceptors (Lipinski definition) is 2. The van der Waals surface area contributed by atoms with Gasteiger partial charge < -0.3 is 15.1 Å². The first-order valence-electron chi connectivity index (χ1n) is 10.8. The number of aliphatic imine (C=N–C) groups is 1. The molecule has 28 heavy (non-hydrogen) atoms. The highest BCUT2D eigenvalue weighted by molar-refractivity contribution is 14.0. The minimum atomic E-state index is 0. The average molecular weight is 494 g/mol. The van der Waals surface area contributed by atoms with Crippen molar-refractivity contribution in [2.75, 3.05) is 39.3 Å². The molecule has 3 fully saturated rings. The van der Waals surface area contributed by atoms with E-state index in [2.05, 4.69) is 58.4 Å².